The van der Waals surface area contributed by atoms with Gasteiger partial charge in [0.1, 0.15) is 5.75 Å². The second kappa shape index (κ2) is 6.79. The molecule has 0 saturated heterocycles. The van der Waals surface area contributed by atoms with Crippen LogP contribution in [-0.4, -0.2) is 24.1 Å². The van der Waals surface area contributed by atoms with Gasteiger partial charge in [-0.2, -0.15) is 0 Å². The maximum absolute atomic E-state index is 12.4. The number of carbonyl (C=O) groups excluding carboxylic acids is 1. The van der Waals surface area contributed by atoms with Crippen LogP contribution >= 0.6 is 0 Å². The van der Waals surface area contributed by atoms with E-state index in [0.717, 1.165) is 23.1 Å². The monoisotopic (exact) mass is 324 g/mol. The number of ketones is 1. The first-order valence-electron chi connectivity index (χ1n) is 7.97. The molecule has 1 aliphatic heterocycles. The van der Waals surface area contributed by atoms with Crippen molar-refractivity contribution in [2.75, 3.05) is 13.2 Å². The van der Waals surface area contributed by atoms with Crippen molar-refractivity contribution >= 4 is 11.9 Å². The van der Waals surface area contributed by atoms with Crippen LogP contribution in [0.2, 0.25) is 0 Å². The van der Waals surface area contributed by atoms with Gasteiger partial charge in [-0.15, -0.1) is 0 Å². The van der Waals surface area contributed by atoms with Gasteiger partial charge in [0.2, 0.25) is 0 Å². The smallest absolute Gasteiger partial charge is 0.185 e. The Bertz CT molecular complexity index is 782. The van der Waals surface area contributed by atoms with Crippen molar-refractivity contribution in [3.05, 3.63) is 58.7 Å². The maximum Gasteiger partial charge on any atom is 0.185 e. The highest BCUT2D eigenvalue weighted by Crippen LogP contribution is 2.30. The van der Waals surface area contributed by atoms with Crippen LogP contribution in [0.15, 0.2) is 36.4 Å². The SMILES string of the molecule is Cc1cc(C=CC(=O)c2ccc3c(c2)OCCCO3)cc(C)c1O. The number of fused-ring (bicyclic) bond motifs is 1. The molecule has 24 heavy (non-hydrogen) atoms. The molecule has 124 valence electrons. The molecule has 1 N–H and O–H groups in total. The van der Waals surface area contributed by atoms with E-state index in [1.165, 1.54) is 6.08 Å². The van der Waals surface area contributed by atoms with Gasteiger partial charge in [0.25, 0.3) is 0 Å². The molecule has 0 unspecified atom stereocenters. The molecule has 0 radical (unpaired) electrons. The summed E-state index contributed by atoms with van der Waals surface area (Å²) in [6.07, 6.45) is 4.12. The Morgan fingerprint density at radius 2 is 1.71 bits per heavy atom. The van der Waals surface area contributed by atoms with Crippen LogP contribution in [-0.2, 0) is 0 Å². The Morgan fingerprint density at radius 1 is 1.04 bits per heavy atom. The summed E-state index contributed by atoms with van der Waals surface area (Å²) >= 11 is 0. The van der Waals surface area contributed by atoms with E-state index in [2.05, 4.69) is 0 Å². The molecule has 0 atom stereocenters. The maximum atomic E-state index is 12.4. The van der Waals surface area contributed by atoms with Crippen molar-refractivity contribution in [1.82, 2.24) is 0 Å². The van der Waals surface area contributed by atoms with Crippen molar-refractivity contribution in [2.24, 2.45) is 0 Å². The predicted molar refractivity (Wildman–Crippen MR) is 93.0 cm³/mol. The van der Waals surface area contributed by atoms with Gasteiger partial charge >= 0.3 is 0 Å². The van der Waals surface area contributed by atoms with Crippen LogP contribution in [0.5, 0.6) is 17.2 Å². The van der Waals surface area contributed by atoms with Gasteiger partial charge in [0.15, 0.2) is 17.3 Å². The number of carbonyl (C=O) groups is 1. The van der Waals surface area contributed by atoms with Crippen molar-refractivity contribution in [2.45, 2.75) is 20.3 Å². The fourth-order valence-corrected chi connectivity index (χ4v) is 2.67. The molecule has 0 amide bonds. The van der Waals surface area contributed by atoms with E-state index in [1.54, 1.807) is 24.3 Å². The Kier molecular flexibility index (Phi) is 4.56. The number of aryl methyl sites for hydroxylation is 2. The van der Waals surface area contributed by atoms with Crippen molar-refractivity contribution in [1.29, 1.82) is 0 Å². The third kappa shape index (κ3) is 3.43. The van der Waals surface area contributed by atoms with E-state index in [4.69, 9.17) is 9.47 Å². The number of ether oxygens (including phenoxy) is 2. The van der Waals surface area contributed by atoms with Gasteiger partial charge < -0.3 is 14.6 Å². The lowest BCUT2D eigenvalue weighted by atomic mass is 10.0. The molecule has 1 heterocycles. The molecule has 0 aliphatic carbocycles. The third-order valence-corrected chi connectivity index (χ3v) is 3.97. The second-order valence-electron chi connectivity index (χ2n) is 5.91. The Balaban J connectivity index is 1.81. The fraction of sp³-hybridized carbons (Fsp3) is 0.250. The van der Waals surface area contributed by atoms with Gasteiger partial charge in [0.05, 0.1) is 13.2 Å². The average Bonchev–Trinajstić information content (AvgIpc) is 2.82. The minimum Gasteiger partial charge on any atom is -0.507 e. The first-order valence-corrected chi connectivity index (χ1v) is 7.97. The zero-order valence-electron chi connectivity index (χ0n) is 13.8. The van der Waals surface area contributed by atoms with Crippen LogP contribution in [0.25, 0.3) is 6.08 Å². The zero-order chi connectivity index (χ0) is 17.1. The normalized spacial score (nSPS) is 13.8. The molecule has 4 nitrogen and oxygen atoms in total. The van der Waals surface area contributed by atoms with E-state index in [9.17, 15) is 9.90 Å². The Labute approximate surface area is 141 Å². The minimum absolute atomic E-state index is 0.103. The molecule has 0 saturated carbocycles. The summed E-state index contributed by atoms with van der Waals surface area (Å²) in [7, 11) is 0. The van der Waals surface area contributed by atoms with Crippen LogP contribution in [0.3, 0.4) is 0 Å². The Hall–Kier alpha value is -2.75. The molecule has 0 bridgehead atoms. The summed E-state index contributed by atoms with van der Waals surface area (Å²) in [6.45, 7) is 4.89. The van der Waals surface area contributed by atoms with Crippen LogP contribution in [0, 0.1) is 13.8 Å². The summed E-state index contributed by atoms with van der Waals surface area (Å²) in [5, 5.41) is 9.80. The van der Waals surface area contributed by atoms with Gasteiger partial charge in [-0.25, -0.2) is 0 Å². The number of benzene rings is 2. The molecule has 4 heteroatoms. The van der Waals surface area contributed by atoms with Gasteiger partial charge in [-0.05, 0) is 66.9 Å². The lowest BCUT2D eigenvalue weighted by Crippen LogP contribution is -1.98. The number of hydrogen-bond donors (Lipinski definition) is 1. The lowest BCUT2D eigenvalue weighted by molar-refractivity contribution is 0.104. The van der Waals surface area contributed by atoms with Crippen LogP contribution in [0.1, 0.15) is 33.5 Å². The third-order valence-electron chi connectivity index (χ3n) is 3.97. The number of hydrogen-bond acceptors (Lipinski definition) is 4. The van der Waals surface area contributed by atoms with Crippen molar-refractivity contribution in [3.8, 4) is 17.2 Å². The quantitative estimate of drug-likeness (QED) is 0.683. The standard InChI is InChI=1S/C20H20O4/c1-13-10-15(11-14(2)20(13)22)4-6-17(21)16-5-7-18-19(12-16)24-9-3-8-23-18/h4-7,10-12,22H,3,8-9H2,1-2H3. The minimum atomic E-state index is -0.103. The molecule has 0 aromatic heterocycles. The van der Waals surface area contributed by atoms with Gasteiger partial charge in [-0.1, -0.05) is 6.08 Å². The average molecular weight is 324 g/mol. The largest absolute Gasteiger partial charge is 0.507 e. The van der Waals surface area contributed by atoms with Crippen molar-refractivity contribution < 1.29 is 19.4 Å². The highest BCUT2D eigenvalue weighted by Gasteiger charge is 2.13. The molecule has 3 rings (SSSR count). The van der Waals surface area contributed by atoms with E-state index < -0.39 is 0 Å². The first kappa shape index (κ1) is 16.1. The summed E-state index contributed by atoms with van der Waals surface area (Å²) in [4.78, 5) is 12.4. The zero-order valence-corrected chi connectivity index (χ0v) is 13.8. The lowest BCUT2D eigenvalue weighted by Gasteiger charge is -2.08. The van der Waals surface area contributed by atoms with E-state index in [0.29, 0.717) is 36.0 Å². The number of aromatic hydroxyl groups is 1. The van der Waals surface area contributed by atoms with Gasteiger partial charge in [-0.3, -0.25) is 4.79 Å². The number of phenolic OH excluding ortho intramolecular Hbond substituents is 1. The number of rotatable bonds is 3. The van der Waals surface area contributed by atoms with Gasteiger partial charge in [0, 0.05) is 12.0 Å². The summed E-state index contributed by atoms with van der Waals surface area (Å²) < 4.78 is 11.2. The molecule has 1 aliphatic rings. The molecular formula is C20H20O4. The first-order chi connectivity index (χ1) is 11.5. The van der Waals surface area contributed by atoms with Crippen molar-refractivity contribution in [3.63, 3.8) is 0 Å². The van der Waals surface area contributed by atoms with Crippen LogP contribution < -0.4 is 9.47 Å². The number of allylic oxidation sites excluding steroid dienone is 1. The van der Waals surface area contributed by atoms with E-state index in [1.807, 2.05) is 26.0 Å². The second-order valence-corrected chi connectivity index (χ2v) is 5.91. The highest BCUT2D eigenvalue weighted by molar-refractivity contribution is 6.07. The van der Waals surface area contributed by atoms with E-state index >= 15 is 0 Å². The summed E-state index contributed by atoms with van der Waals surface area (Å²) in [6, 6.07) is 8.94. The molecule has 0 spiro atoms. The molecule has 2 aromatic rings. The number of phenols is 1. The summed E-state index contributed by atoms with van der Waals surface area (Å²) in [5.41, 5.74) is 3.02. The van der Waals surface area contributed by atoms with E-state index in [-0.39, 0.29) is 5.78 Å². The van der Waals surface area contributed by atoms with Crippen LogP contribution in [0.4, 0.5) is 0 Å². The molecular weight excluding hydrogens is 304 g/mol. The summed E-state index contributed by atoms with van der Waals surface area (Å²) in [5.74, 6) is 1.48. The molecule has 0 fully saturated rings. The predicted octanol–water partition coefficient (Wildman–Crippen LogP) is 4.07. The topological polar surface area (TPSA) is 55.8 Å². The molecule has 2 aromatic carbocycles. The fourth-order valence-electron chi connectivity index (χ4n) is 2.67. The Morgan fingerprint density at radius 3 is 2.42 bits per heavy atom. The highest BCUT2D eigenvalue weighted by atomic mass is 16.5.